The number of aromatic hydroxyl groups is 1. The number of phenolic OH excluding ortho intramolecular Hbond substituents is 1. The summed E-state index contributed by atoms with van der Waals surface area (Å²) in [6.45, 7) is 1.64. The van der Waals surface area contributed by atoms with Crippen LogP contribution in [-0.2, 0) is 9.59 Å². The van der Waals surface area contributed by atoms with Gasteiger partial charge >= 0.3 is 5.97 Å². The van der Waals surface area contributed by atoms with Crippen LogP contribution in [0.15, 0.2) is 19.9 Å². The summed E-state index contributed by atoms with van der Waals surface area (Å²) < 4.78 is 6.69. The van der Waals surface area contributed by atoms with E-state index in [1.807, 2.05) is 0 Å². The Labute approximate surface area is 164 Å². The van der Waals surface area contributed by atoms with Crippen LogP contribution in [0.2, 0.25) is 0 Å². The highest BCUT2D eigenvalue weighted by molar-refractivity contribution is 9.13. The van der Waals surface area contributed by atoms with Crippen LogP contribution >= 0.6 is 55.8 Å². The Morgan fingerprint density at radius 2 is 2.17 bits per heavy atom. The molecule has 1 fully saturated rings. The molecule has 0 aliphatic carbocycles. The van der Waals surface area contributed by atoms with Crippen LogP contribution in [0.1, 0.15) is 12.5 Å². The van der Waals surface area contributed by atoms with E-state index in [1.165, 1.54) is 6.08 Å². The van der Waals surface area contributed by atoms with E-state index in [1.54, 1.807) is 13.0 Å². The summed E-state index contributed by atoms with van der Waals surface area (Å²) in [4.78, 5) is 24.4. The third kappa shape index (κ3) is 3.93. The molecule has 0 radical (unpaired) electrons. The number of carboxylic acids is 1. The lowest BCUT2D eigenvalue weighted by atomic mass is 10.1. The van der Waals surface area contributed by atoms with Crippen molar-refractivity contribution in [3.05, 3.63) is 25.5 Å². The summed E-state index contributed by atoms with van der Waals surface area (Å²) >= 11 is 12.7. The molecule has 1 aromatic carbocycles. The van der Waals surface area contributed by atoms with Crippen molar-refractivity contribution in [2.45, 2.75) is 6.92 Å². The number of aliphatic carboxylic acids is 1. The van der Waals surface area contributed by atoms with Gasteiger partial charge < -0.3 is 14.9 Å². The average Bonchev–Trinajstić information content (AvgIpc) is 2.76. The van der Waals surface area contributed by atoms with Crippen molar-refractivity contribution >= 4 is 78.1 Å². The molecule has 0 unspecified atom stereocenters. The van der Waals surface area contributed by atoms with Crippen LogP contribution in [0.25, 0.3) is 6.08 Å². The Morgan fingerprint density at radius 3 is 2.75 bits per heavy atom. The molecule has 0 spiro atoms. The number of ether oxygens (including phenoxy) is 1. The number of hydrogen-bond acceptors (Lipinski definition) is 6. The highest BCUT2D eigenvalue weighted by Gasteiger charge is 2.34. The fourth-order valence-corrected chi connectivity index (χ4v) is 3.99. The van der Waals surface area contributed by atoms with E-state index in [2.05, 4.69) is 31.9 Å². The smallest absolute Gasteiger partial charge is 0.323 e. The Balaban J connectivity index is 2.46. The van der Waals surface area contributed by atoms with Gasteiger partial charge in [0.2, 0.25) is 0 Å². The maximum Gasteiger partial charge on any atom is 0.323 e. The average molecular weight is 497 g/mol. The third-order valence-electron chi connectivity index (χ3n) is 2.93. The van der Waals surface area contributed by atoms with Crippen LogP contribution in [0.5, 0.6) is 11.5 Å². The molecule has 1 aromatic rings. The first-order valence-electron chi connectivity index (χ1n) is 6.57. The van der Waals surface area contributed by atoms with E-state index in [9.17, 15) is 14.7 Å². The number of halogens is 2. The van der Waals surface area contributed by atoms with Gasteiger partial charge in [0.25, 0.3) is 5.91 Å². The molecule has 10 heteroatoms. The number of carbonyl (C=O) groups excluding carboxylic acids is 1. The Bertz CT molecular complexity index is 766. The van der Waals surface area contributed by atoms with Gasteiger partial charge in [-0.3, -0.25) is 14.5 Å². The molecule has 0 atom stereocenters. The minimum absolute atomic E-state index is 0.129. The minimum atomic E-state index is -1.15. The van der Waals surface area contributed by atoms with Gasteiger partial charge in [-0.25, -0.2) is 0 Å². The SMILES string of the molecule is CCOc1cc(Br)c(Br)c(C=C2SC(=S)N(CC(=O)O)C2=O)c1O. The lowest BCUT2D eigenvalue weighted by molar-refractivity contribution is -0.140. The monoisotopic (exact) mass is 495 g/mol. The van der Waals surface area contributed by atoms with Crippen LogP contribution in [0.3, 0.4) is 0 Å². The zero-order valence-electron chi connectivity index (χ0n) is 12.2. The lowest BCUT2D eigenvalue weighted by Gasteiger charge is -2.12. The molecule has 0 aromatic heterocycles. The summed E-state index contributed by atoms with van der Waals surface area (Å²) in [5.74, 6) is -1.54. The highest BCUT2D eigenvalue weighted by atomic mass is 79.9. The van der Waals surface area contributed by atoms with E-state index in [4.69, 9.17) is 22.1 Å². The molecule has 0 saturated carbocycles. The molecule has 1 aliphatic rings. The first-order valence-corrected chi connectivity index (χ1v) is 9.38. The highest BCUT2D eigenvalue weighted by Crippen LogP contribution is 2.43. The minimum Gasteiger partial charge on any atom is -0.504 e. The predicted molar refractivity (Wildman–Crippen MR) is 102 cm³/mol. The number of thioether (sulfide) groups is 1. The van der Waals surface area contributed by atoms with Crippen molar-refractivity contribution in [1.82, 2.24) is 4.90 Å². The number of hydrogen-bond donors (Lipinski definition) is 2. The Morgan fingerprint density at radius 1 is 1.50 bits per heavy atom. The standard InChI is InChI=1S/C14H11Br2NO5S2/c1-2-22-8-4-7(15)11(16)6(12(8)20)3-9-13(21)17(5-10(18)19)14(23)24-9/h3-4,20H,2,5H2,1H3,(H,18,19). The zero-order valence-corrected chi connectivity index (χ0v) is 17.0. The Hall–Kier alpha value is -1.10. The molecule has 24 heavy (non-hydrogen) atoms. The quantitative estimate of drug-likeness (QED) is 0.475. The van der Waals surface area contributed by atoms with Crippen LogP contribution < -0.4 is 4.74 Å². The van der Waals surface area contributed by atoms with E-state index >= 15 is 0 Å². The number of carbonyl (C=O) groups is 2. The summed E-state index contributed by atoms with van der Waals surface area (Å²) in [7, 11) is 0. The van der Waals surface area contributed by atoms with Gasteiger partial charge in [-0.1, -0.05) is 24.0 Å². The van der Waals surface area contributed by atoms with Crippen molar-refractivity contribution in [2.75, 3.05) is 13.2 Å². The first-order chi connectivity index (χ1) is 11.3. The van der Waals surface area contributed by atoms with Gasteiger partial charge in [0.05, 0.1) is 11.5 Å². The number of nitrogens with zero attached hydrogens (tertiary/aromatic N) is 1. The summed E-state index contributed by atoms with van der Waals surface area (Å²) in [5, 5.41) is 19.2. The second-order valence-electron chi connectivity index (χ2n) is 4.53. The third-order valence-corrected chi connectivity index (χ3v) is 6.32. The summed E-state index contributed by atoms with van der Waals surface area (Å²) in [6, 6.07) is 1.61. The molecule has 1 amide bonds. The van der Waals surface area contributed by atoms with Gasteiger partial charge in [0.1, 0.15) is 10.9 Å². The second-order valence-corrected chi connectivity index (χ2v) is 7.85. The van der Waals surface area contributed by atoms with Gasteiger partial charge in [-0.05, 0) is 50.9 Å². The van der Waals surface area contributed by atoms with Crippen LogP contribution in [-0.4, -0.2) is 44.5 Å². The number of benzene rings is 1. The molecular formula is C14H11Br2NO5S2. The number of carboxylic acid groups (broad SMARTS) is 1. The molecule has 6 nitrogen and oxygen atoms in total. The van der Waals surface area contributed by atoms with Gasteiger partial charge in [0.15, 0.2) is 11.5 Å². The summed E-state index contributed by atoms with van der Waals surface area (Å²) in [6.07, 6.45) is 1.45. The first kappa shape index (κ1) is 19.2. The van der Waals surface area contributed by atoms with E-state index in [-0.39, 0.29) is 20.7 Å². The Kier molecular flexibility index (Phi) is 6.29. The maximum atomic E-state index is 12.3. The molecule has 0 bridgehead atoms. The van der Waals surface area contributed by atoms with Gasteiger partial charge in [-0.2, -0.15) is 0 Å². The van der Waals surface area contributed by atoms with Crippen LogP contribution in [0.4, 0.5) is 0 Å². The van der Waals surface area contributed by atoms with Gasteiger partial charge in [-0.15, -0.1) is 0 Å². The fourth-order valence-electron chi connectivity index (χ4n) is 1.91. The fraction of sp³-hybridized carbons (Fsp3) is 0.214. The number of phenols is 1. The van der Waals surface area contributed by atoms with Crippen LogP contribution in [0, 0.1) is 0 Å². The normalized spacial score (nSPS) is 16.1. The molecule has 2 rings (SSSR count). The lowest BCUT2D eigenvalue weighted by Crippen LogP contribution is -2.33. The van der Waals surface area contributed by atoms with Gasteiger partial charge in [0, 0.05) is 14.5 Å². The molecule has 2 N–H and O–H groups in total. The van der Waals surface area contributed by atoms with Crippen molar-refractivity contribution in [1.29, 1.82) is 0 Å². The van der Waals surface area contributed by atoms with Crippen molar-refractivity contribution in [3.63, 3.8) is 0 Å². The number of thiocarbonyl (C=S) groups is 1. The number of amides is 1. The molecule has 1 heterocycles. The zero-order chi connectivity index (χ0) is 18.0. The molecular weight excluding hydrogens is 486 g/mol. The van der Waals surface area contributed by atoms with Crippen molar-refractivity contribution in [2.24, 2.45) is 0 Å². The number of rotatable bonds is 5. The molecule has 1 aliphatic heterocycles. The van der Waals surface area contributed by atoms with E-state index in [0.29, 0.717) is 21.1 Å². The van der Waals surface area contributed by atoms with Crippen molar-refractivity contribution < 1.29 is 24.5 Å². The van der Waals surface area contributed by atoms with E-state index in [0.717, 1.165) is 16.7 Å². The summed E-state index contributed by atoms with van der Waals surface area (Å²) in [5.41, 5.74) is 0.337. The second kappa shape index (κ2) is 7.85. The predicted octanol–water partition coefficient (Wildman–Crippen LogP) is 3.60. The maximum absolute atomic E-state index is 12.3. The van der Waals surface area contributed by atoms with Crippen molar-refractivity contribution in [3.8, 4) is 11.5 Å². The van der Waals surface area contributed by atoms with E-state index < -0.39 is 18.4 Å². The topological polar surface area (TPSA) is 87.1 Å². The largest absolute Gasteiger partial charge is 0.504 e. The molecule has 1 saturated heterocycles. The molecule has 128 valence electrons.